The molecule has 0 radical (unpaired) electrons. The fraction of sp³-hybridized carbons (Fsp3) is 0.615. The topological polar surface area (TPSA) is 29.1 Å². The molecule has 1 aliphatic carbocycles. The Morgan fingerprint density at radius 2 is 2.19 bits per heavy atom. The number of carbonyl (C=O) groups is 1. The molecule has 0 spiro atoms. The maximum absolute atomic E-state index is 11.7. The summed E-state index contributed by atoms with van der Waals surface area (Å²) in [5, 5.41) is 3.00. The molecule has 2 rings (SSSR count). The quantitative estimate of drug-likeness (QED) is 0.842. The molecule has 0 bridgehead atoms. The third-order valence-corrected chi connectivity index (χ3v) is 4.14. The van der Waals surface area contributed by atoms with Gasteiger partial charge in [0.25, 0.3) is 0 Å². The van der Waals surface area contributed by atoms with Crippen LogP contribution in [-0.2, 0) is 24.2 Å². The molecule has 2 nitrogen and oxygen atoms in total. The van der Waals surface area contributed by atoms with Crippen molar-refractivity contribution < 1.29 is 4.79 Å². The van der Waals surface area contributed by atoms with Gasteiger partial charge in [-0.3, -0.25) is 4.79 Å². The summed E-state index contributed by atoms with van der Waals surface area (Å²) in [5.74, 6) is 0.126. The van der Waals surface area contributed by atoms with Gasteiger partial charge in [-0.25, -0.2) is 0 Å². The van der Waals surface area contributed by atoms with E-state index < -0.39 is 0 Å². The van der Waals surface area contributed by atoms with Crippen molar-refractivity contribution in [3.8, 4) is 0 Å². The number of fused-ring (bicyclic) bond motifs is 1. The zero-order valence-corrected chi connectivity index (χ0v) is 11.0. The van der Waals surface area contributed by atoms with E-state index in [1.807, 2.05) is 32.1 Å². The Morgan fingerprint density at radius 3 is 2.81 bits per heavy atom. The predicted molar refractivity (Wildman–Crippen MR) is 67.6 cm³/mol. The van der Waals surface area contributed by atoms with E-state index in [9.17, 15) is 4.79 Å². The predicted octanol–water partition coefficient (Wildman–Crippen LogP) is 2.90. The van der Waals surface area contributed by atoms with Gasteiger partial charge in [0, 0.05) is 15.2 Å². The van der Waals surface area contributed by atoms with Crippen molar-refractivity contribution in [2.45, 2.75) is 46.6 Å². The van der Waals surface area contributed by atoms with Crippen LogP contribution in [0.5, 0.6) is 0 Å². The summed E-state index contributed by atoms with van der Waals surface area (Å²) in [6.45, 7) is 6.51. The van der Waals surface area contributed by atoms with Crippen LogP contribution >= 0.6 is 11.3 Å². The standard InChI is InChI=1S/C13H19NOS/c1-13(2,3)12(15)14-8-10-7-9-5-4-6-11(9)16-10/h7H,4-6,8H2,1-3H3,(H,14,15). The summed E-state index contributed by atoms with van der Waals surface area (Å²) in [6, 6.07) is 2.26. The molecule has 1 heterocycles. The summed E-state index contributed by atoms with van der Waals surface area (Å²) in [5.41, 5.74) is 1.21. The Balaban J connectivity index is 1.93. The second-order valence-electron chi connectivity index (χ2n) is 5.45. The lowest BCUT2D eigenvalue weighted by Gasteiger charge is -2.17. The van der Waals surface area contributed by atoms with Gasteiger partial charge in [-0.1, -0.05) is 20.8 Å². The van der Waals surface area contributed by atoms with Crippen molar-refractivity contribution in [3.63, 3.8) is 0 Å². The molecule has 1 aliphatic rings. The largest absolute Gasteiger partial charge is 0.351 e. The van der Waals surface area contributed by atoms with Crippen LogP contribution in [0, 0.1) is 5.41 Å². The fourth-order valence-electron chi connectivity index (χ4n) is 1.91. The van der Waals surface area contributed by atoms with E-state index >= 15 is 0 Å². The molecule has 0 saturated heterocycles. The molecule has 1 aromatic rings. The average Bonchev–Trinajstić information content (AvgIpc) is 2.71. The minimum absolute atomic E-state index is 0.126. The lowest BCUT2D eigenvalue weighted by atomic mass is 9.96. The number of hydrogen-bond donors (Lipinski definition) is 1. The molecule has 3 heteroatoms. The number of aryl methyl sites for hydroxylation is 2. The normalized spacial score (nSPS) is 14.9. The number of nitrogens with one attached hydrogen (secondary N) is 1. The Bertz CT molecular complexity index is 379. The molecule has 1 N–H and O–H groups in total. The first-order chi connectivity index (χ1) is 7.47. The summed E-state index contributed by atoms with van der Waals surface area (Å²) in [6.07, 6.45) is 3.75. The van der Waals surface area contributed by atoms with Crippen molar-refractivity contribution in [2.24, 2.45) is 5.41 Å². The monoisotopic (exact) mass is 237 g/mol. The van der Waals surface area contributed by atoms with Crippen molar-refractivity contribution in [1.29, 1.82) is 0 Å². The molecule has 0 saturated carbocycles. The fourth-order valence-corrected chi connectivity index (χ4v) is 3.11. The van der Waals surface area contributed by atoms with Crippen LogP contribution in [0.2, 0.25) is 0 Å². The first-order valence-corrected chi connectivity index (χ1v) is 6.67. The van der Waals surface area contributed by atoms with E-state index in [1.54, 1.807) is 0 Å². The Kier molecular flexibility index (Phi) is 3.06. The third kappa shape index (κ3) is 2.46. The van der Waals surface area contributed by atoms with Gasteiger partial charge in [0.05, 0.1) is 6.54 Å². The van der Waals surface area contributed by atoms with Gasteiger partial charge in [0.15, 0.2) is 0 Å². The molecular weight excluding hydrogens is 218 g/mol. The van der Waals surface area contributed by atoms with Gasteiger partial charge in [-0.15, -0.1) is 11.3 Å². The van der Waals surface area contributed by atoms with E-state index in [0.717, 1.165) is 0 Å². The first kappa shape index (κ1) is 11.6. The number of carbonyl (C=O) groups excluding carboxylic acids is 1. The first-order valence-electron chi connectivity index (χ1n) is 5.85. The highest BCUT2D eigenvalue weighted by Crippen LogP contribution is 2.30. The zero-order chi connectivity index (χ0) is 11.8. The molecule has 0 unspecified atom stereocenters. The molecule has 0 aliphatic heterocycles. The molecular formula is C13H19NOS. The van der Waals surface area contributed by atoms with Crippen molar-refractivity contribution >= 4 is 17.2 Å². The van der Waals surface area contributed by atoms with Gasteiger partial charge < -0.3 is 5.32 Å². The average molecular weight is 237 g/mol. The Morgan fingerprint density at radius 1 is 1.44 bits per heavy atom. The van der Waals surface area contributed by atoms with E-state index in [0.29, 0.717) is 6.54 Å². The summed E-state index contributed by atoms with van der Waals surface area (Å²) in [7, 11) is 0. The minimum atomic E-state index is -0.292. The van der Waals surface area contributed by atoms with E-state index in [2.05, 4.69) is 11.4 Å². The molecule has 0 atom stereocenters. The maximum atomic E-state index is 11.7. The highest BCUT2D eigenvalue weighted by atomic mass is 32.1. The summed E-state index contributed by atoms with van der Waals surface area (Å²) in [4.78, 5) is 14.5. The van der Waals surface area contributed by atoms with Crippen LogP contribution in [0.1, 0.15) is 42.5 Å². The number of amides is 1. The smallest absolute Gasteiger partial charge is 0.225 e. The highest BCUT2D eigenvalue weighted by Gasteiger charge is 2.21. The van der Waals surface area contributed by atoms with Crippen LogP contribution in [0.4, 0.5) is 0 Å². The molecule has 88 valence electrons. The second kappa shape index (κ2) is 4.21. The maximum Gasteiger partial charge on any atom is 0.225 e. The van der Waals surface area contributed by atoms with Gasteiger partial charge in [-0.2, -0.15) is 0 Å². The molecule has 0 fully saturated rings. The number of thiophene rings is 1. The van der Waals surface area contributed by atoms with Gasteiger partial charge >= 0.3 is 0 Å². The molecule has 0 aromatic carbocycles. The Labute approximate surface area is 101 Å². The van der Waals surface area contributed by atoms with E-state index in [-0.39, 0.29) is 11.3 Å². The highest BCUT2D eigenvalue weighted by molar-refractivity contribution is 7.12. The van der Waals surface area contributed by atoms with Crippen LogP contribution in [0.25, 0.3) is 0 Å². The van der Waals surface area contributed by atoms with Crippen LogP contribution in [0.3, 0.4) is 0 Å². The second-order valence-corrected chi connectivity index (χ2v) is 6.67. The lowest BCUT2D eigenvalue weighted by Crippen LogP contribution is -2.34. The summed E-state index contributed by atoms with van der Waals surface area (Å²) < 4.78 is 0. The minimum Gasteiger partial charge on any atom is -0.351 e. The van der Waals surface area contributed by atoms with Gasteiger partial charge in [-0.05, 0) is 30.9 Å². The van der Waals surface area contributed by atoms with Crippen LogP contribution in [0.15, 0.2) is 6.07 Å². The van der Waals surface area contributed by atoms with E-state index in [1.165, 1.54) is 34.6 Å². The van der Waals surface area contributed by atoms with Crippen LogP contribution < -0.4 is 5.32 Å². The summed E-state index contributed by atoms with van der Waals surface area (Å²) >= 11 is 1.86. The lowest BCUT2D eigenvalue weighted by molar-refractivity contribution is -0.128. The number of rotatable bonds is 2. The molecule has 1 amide bonds. The molecule has 16 heavy (non-hydrogen) atoms. The Hall–Kier alpha value is -0.830. The van der Waals surface area contributed by atoms with Gasteiger partial charge in [0.1, 0.15) is 0 Å². The van der Waals surface area contributed by atoms with E-state index in [4.69, 9.17) is 0 Å². The molecule has 1 aromatic heterocycles. The van der Waals surface area contributed by atoms with Crippen molar-refractivity contribution in [3.05, 3.63) is 21.4 Å². The van der Waals surface area contributed by atoms with Crippen molar-refractivity contribution in [1.82, 2.24) is 5.32 Å². The number of hydrogen-bond acceptors (Lipinski definition) is 2. The SMILES string of the molecule is CC(C)(C)C(=O)NCc1cc2c(s1)CCC2. The van der Waals surface area contributed by atoms with Crippen molar-refractivity contribution in [2.75, 3.05) is 0 Å². The zero-order valence-electron chi connectivity index (χ0n) is 10.2. The van der Waals surface area contributed by atoms with Crippen LogP contribution in [-0.4, -0.2) is 5.91 Å². The van der Waals surface area contributed by atoms with Gasteiger partial charge in [0.2, 0.25) is 5.91 Å². The third-order valence-electron chi connectivity index (χ3n) is 2.90.